The van der Waals surface area contributed by atoms with Crippen molar-refractivity contribution in [2.45, 2.75) is 32.6 Å². The average Bonchev–Trinajstić information content (AvgIpc) is 3.04. The van der Waals surface area contributed by atoms with Crippen molar-refractivity contribution >= 4 is 50.1 Å². The van der Waals surface area contributed by atoms with Crippen LogP contribution in [-0.2, 0) is 27.1 Å². The molecular weight excluding hydrogens is 446 g/mol. The minimum Gasteiger partial charge on any atom is -0.462 e. The van der Waals surface area contributed by atoms with Crippen LogP contribution in [0.2, 0.25) is 0 Å². The number of hydrogen-bond donors (Lipinski definition) is 1. The number of benzene rings is 1. The molecule has 1 N–H and O–H groups in total. The summed E-state index contributed by atoms with van der Waals surface area (Å²) in [6, 6.07) is 6.82. The highest BCUT2D eigenvalue weighted by atomic mass is 79.9. The topological polar surface area (TPSA) is 81.7 Å². The quantitative estimate of drug-likeness (QED) is 0.640. The number of carbonyl (C=O) groups excluding carboxylic acids is 3. The third-order valence-electron chi connectivity index (χ3n) is 4.33. The molecule has 28 heavy (non-hydrogen) atoms. The molecule has 1 aliphatic rings. The molecule has 0 radical (unpaired) electrons. The molecule has 0 unspecified atom stereocenters. The van der Waals surface area contributed by atoms with Crippen molar-refractivity contribution in [2.75, 3.05) is 18.5 Å². The predicted molar refractivity (Wildman–Crippen MR) is 110 cm³/mol. The number of amides is 1. The van der Waals surface area contributed by atoms with Crippen LogP contribution in [-0.4, -0.2) is 31.1 Å². The van der Waals surface area contributed by atoms with E-state index in [1.54, 1.807) is 31.2 Å². The van der Waals surface area contributed by atoms with Crippen molar-refractivity contribution in [3.8, 4) is 0 Å². The molecule has 1 aliphatic carbocycles. The first-order valence-electron chi connectivity index (χ1n) is 9.04. The molecule has 1 heterocycles. The fraction of sp³-hybridized carbons (Fsp3) is 0.350. The Kier molecular flexibility index (Phi) is 6.85. The minimum atomic E-state index is -0.598. The van der Waals surface area contributed by atoms with Crippen LogP contribution in [0.25, 0.3) is 0 Å². The van der Waals surface area contributed by atoms with Gasteiger partial charge in [0.2, 0.25) is 0 Å². The molecule has 0 fully saturated rings. The number of esters is 2. The summed E-state index contributed by atoms with van der Waals surface area (Å²) >= 11 is 4.68. The van der Waals surface area contributed by atoms with Gasteiger partial charge in [0.1, 0.15) is 5.00 Å². The van der Waals surface area contributed by atoms with Crippen LogP contribution in [0.15, 0.2) is 28.7 Å². The summed E-state index contributed by atoms with van der Waals surface area (Å²) in [5, 5.41) is 3.18. The van der Waals surface area contributed by atoms with Gasteiger partial charge in [-0.05, 0) is 66.2 Å². The van der Waals surface area contributed by atoms with Crippen molar-refractivity contribution in [3.63, 3.8) is 0 Å². The van der Waals surface area contributed by atoms with Gasteiger partial charge in [0.05, 0.1) is 17.7 Å². The van der Waals surface area contributed by atoms with Gasteiger partial charge in [0.15, 0.2) is 6.61 Å². The Hall–Kier alpha value is -2.19. The lowest BCUT2D eigenvalue weighted by Crippen LogP contribution is -2.22. The molecule has 2 aromatic rings. The van der Waals surface area contributed by atoms with Crippen molar-refractivity contribution in [3.05, 3.63) is 50.3 Å². The molecule has 8 heteroatoms. The van der Waals surface area contributed by atoms with Crippen molar-refractivity contribution in [1.82, 2.24) is 0 Å². The minimum absolute atomic E-state index is 0.264. The number of ether oxygens (including phenoxy) is 2. The normalized spacial score (nSPS) is 12.8. The van der Waals surface area contributed by atoms with Crippen LogP contribution in [0.3, 0.4) is 0 Å². The van der Waals surface area contributed by atoms with E-state index in [2.05, 4.69) is 21.2 Å². The number of thiophene rings is 1. The first-order chi connectivity index (χ1) is 13.5. The summed E-state index contributed by atoms with van der Waals surface area (Å²) in [6.45, 7) is 1.57. The summed E-state index contributed by atoms with van der Waals surface area (Å²) in [4.78, 5) is 38.0. The van der Waals surface area contributed by atoms with E-state index in [0.717, 1.165) is 36.1 Å². The summed E-state index contributed by atoms with van der Waals surface area (Å²) in [5.41, 5.74) is 1.75. The monoisotopic (exact) mass is 465 g/mol. The van der Waals surface area contributed by atoms with E-state index in [-0.39, 0.29) is 6.61 Å². The Bertz CT molecular complexity index is 908. The second-order valence-corrected chi connectivity index (χ2v) is 8.20. The second kappa shape index (κ2) is 9.34. The van der Waals surface area contributed by atoms with Crippen LogP contribution in [0.1, 0.15) is 50.9 Å². The molecule has 1 aromatic heterocycles. The van der Waals surface area contributed by atoms with Gasteiger partial charge in [-0.25, -0.2) is 9.59 Å². The van der Waals surface area contributed by atoms with Crippen molar-refractivity contribution in [1.29, 1.82) is 0 Å². The maximum atomic E-state index is 12.4. The lowest BCUT2D eigenvalue weighted by Gasteiger charge is -2.12. The summed E-state index contributed by atoms with van der Waals surface area (Å²) in [6.07, 6.45) is 3.76. The Morgan fingerprint density at radius 1 is 1.11 bits per heavy atom. The molecule has 6 nitrogen and oxygen atoms in total. The molecule has 1 aromatic carbocycles. The van der Waals surface area contributed by atoms with E-state index >= 15 is 0 Å². The average molecular weight is 466 g/mol. The number of hydrogen-bond acceptors (Lipinski definition) is 6. The van der Waals surface area contributed by atoms with Crippen LogP contribution >= 0.6 is 27.3 Å². The molecule has 1 amide bonds. The Labute approximate surface area is 175 Å². The van der Waals surface area contributed by atoms with Crippen LogP contribution in [0.5, 0.6) is 0 Å². The fourth-order valence-corrected chi connectivity index (χ4v) is 4.81. The molecule has 0 saturated carbocycles. The number of aryl methyl sites for hydroxylation is 1. The molecule has 0 spiro atoms. The first-order valence-corrected chi connectivity index (χ1v) is 10.6. The second-order valence-electron chi connectivity index (χ2n) is 6.24. The van der Waals surface area contributed by atoms with Crippen molar-refractivity contribution in [2.24, 2.45) is 0 Å². The van der Waals surface area contributed by atoms with E-state index in [4.69, 9.17) is 9.47 Å². The van der Waals surface area contributed by atoms with Crippen LogP contribution in [0.4, 0.5) is 5.00 Å². The lowest BCUT2D eigenvalue weighted by molar-refractivity contribution is -0.119. The highest BCUT2D eigenvalue weighted by Crippen LogP contribution is 2.38. The van der Waals surface area contributed by atoms with Crippen LogP contribution < -0.4 is 5.32 Å². The largest absolute Gasteiger partial charge is 0.462 e. The Morgan fingerprint density at radius 3 is 2.61 bits per heavy atom. The van der Waals surface area contributed by atoms with Gasteiger partial charge >= 0.3 is 11.9 Å². The molecular formula is C20H20BrNO5S. The van der Waals surface area contributed by atoms with E-state index in [1.165, 1.54) is 11.3 Å². The molecule has 0 bridgehead atoms. The zero-order chi connectivity index (χ0) is 20.1. The summed E-state index contributed by atoms with van der Waals surface area (Å²) in [5.74, 6) is -1.52. The maximum Gasteiger partial charge on any atom is 0.341 e. The van der Waals surface area contributed by atoms with Gasteiger partial charge < -0.3 is 14.8 Å². The third-order valence-corrected chi connectivity index (χ3v) is 6.23. The predicted octanol–water partition coefficient (Wildman–Crippen LogP) is 4.36. The SMILES string of the molecule is CCOC(=O)c1c(NC(=O)COC(=O)c2ccccc2Br)sc2c1CCCC2. The number of fused-ring (bicyclic) bond motifs is 1. The first kappa shape index (κ1) is 20.5. The van der Waals surface area contributed by atoms with Gasteiger partial charge in [0, 0.05) is 9.35 Å². The number of rotatable bonds is 6. The number of halogens is 1. The highest BCUT2D eigenvalue weighted by Gasteiger charge is 2.27. The van der Waals surface area contributed by atoms with Gasteiger partial charge in [0.25, 0.3) is 5.91 Å². The molecule has 0 aliphatic heterocycles. The Balaban J connectivity index is 1.70. The fourth-order valence-electron chi connectivity index (χ4n) is 3.07. The molecule has 3 rings (SSSR count). The van der Waals surface area contributed by atoms with E-state index in [1.807, 2.05) is 0 Å². The lowest BCUT2D eigenvalue weighted by atomic mass is 9.95. The number of anilines is 1. The van der Waals surface area contributed by atoms with E-state index in [0.29, 0.717) is 20.6 Å². The van der Waals surface area contributed by atoms with Crippen LogP contribution in [0, 0.1) is 0 Å². The smallest absolute Gasteiger partial charge is 0.341 e. The number of carbonyl (C=O) groups is 3. The van der Waals surface area contributed by atoms with E-state index < -0.39 is 24.5 Å². The third kappa shape index (κ3) is 4.62. The Morgan fingerprint density at radius 2 is 1.86 bits per heavy atom. The highest BCUT2D eigenvalue weighted by molar-refractivity contribution is 9.10. The molecule has 0 saturated heterocycles. The van der Waals surface area contributed by atoms with Gasteiger partial charge in [-0.2, -0.15) is 0 Å². The zero-order valence-electron chi connectivity index (χ0n) is 15.4. The number of nitrogens with one attached hydrogen (secondary N) is 1. The van der Waals surface area contributed by atoms with Crippen molar-refractivity contribution < 1.29 is 23.9 Å². The summed E-state index contributed by atoms with van der Waals surface area (Å²) < 4.78 is 10.9. The standard InChI is InChI=1S/C20H20BrNO5S/c1-2-26-20(25)17-13-8-4-6-10-15(13)28-18(17)22-16(23)11-27-19(24)12-7-3-5-9-14(12)21/h3,5,7,9H,2,4,6,8,10-11H2,1H3,(H,22,23). The zero-order valence-corrected chi connectivity index (χ0v) is 17.8. The maximum absolute atomic E-state index is 12.4. The molecule has 148 valence electrons. The molecule has 0 atom stereocenters. The van der Waals surface area contributed by atoms with E-state index in [9.17, 15) is 14.4 Å². The van der Waals surface area contributed by atoms with Gasteiger partial charge in [-0.1, -0.05) is 12.1 Å². The van der Waals surface area contributed by atoms with Gasteiger partial charge in [-0.3, -0.25) is 4.79 Å². The van der Waals surface area contributed by atoms with Gasteiger partial charge in [-0.15, -0.1) is 11.3 Å². The summed E-state index contributed by atoms with van der Waals surface area (Å²) in [7, 11) is 0.